The van der Waals surface area contributed by atoms with Crippen LogP contribution in [0, 0.1) is 6.92 Å². The number of amides is 3. The van der Waals surface area contributed by atoms with Crippen molar-refractivity contribution in [1.29, 1.82) is 0 Å². The molecule has 6 heteroatoms. The number of nitrogens with one attached hydrogen (secondary N) is 1. The minimum absolute atomic E-state index is 0.0899. The van der Waals surface area contributed by atoms with E-state index in [-0.39, 0.29) is 5.70 Å². The molecule has 3 aromatic carbocycles. The van der Waals surface area contributed by atoms with Crippen molar-refractivity contribution in [1.82, 2.24) is 10.2 Å². The number of imide groups is 1. The molecule has 2 aliphatic rings. The number of ether oxygens (including phenoxy) is 1. The predicted octanol–water partition coefficient (Wildman–Crippen LogP) is 5.62. The van der Waals surface area contributed by atoms with Crippen LogP contribution in [0.15, 0.2) is 78.5 Å². The van der Waals surface area contributed by atoms with Gasteiger partial charge >= 0.3 is 0 Å². The van der Waals surface area contributed by atoms with Gasteiger partial charge in [-0.2, -0.15) is 0 Å². The summed E-state index contributed by atoms with van der Waals surface area (Å²) in [5, 5.41) is 3.10. The van der Waals surface area contributed by atoms with E-state index in [4.69, 9.17) is 4.74 Å². The molecule has 0 aliphatic carbocycles. The van der Waals surface area contributed by atoms with E-state index in [9.17, 15) is 14.4 Å². The molecule has 0 unspecified atom stereocenters. The lowest BCUT2D eigenvalue weighted by Gasteiger charge is -2.39. The molecule has 3 amide bonds. The lowest BCUT2D eigenvalue weighted by Crippen LogP contribution is -2.51. The van der Waals surface area contributed by atoms with E-state index >= 15 is 0 Å². The Balaban J connectivity index is 1.57. The number of hydrogen-bond donors (Lipinski definition) is 1. The van der Waals surface area contributed by atoms with Crippen molar-refractivity contribution in [2.75, 3.05) is 6.61 Å². The van der Waals surface area contributed by atoms with Gasteiger partial charge < -0.3 is 10.1 Å². The van der Waals surface area contributed by atoms with Crippen molar-refractivity contribution in [3.63, 3.8) is 0 Å². The van der Waals surface area contributed by atoms with Gasteiger partial charge in [-0.25, -0.2) is 4.90 Å². The lowest BCUT2D eigenvalue weighted by molar-refractivity contribution is -0.120. The fourth-order valence-electron chi connectivity index (χ4n) is 4.98. The van der Waals surface area contributed by atoms with Gasteiger partial charge in [0.2, 0.25) is 0 Å². The summed E-state index contributed by atoms with van der Waals surface area (Å²) >= 11 is 0. The molecule has 5 rings (SSSR count). The minimum atomic E-state index is -0.749. The molecule has 0 aromatic heterocycles. The summed E-state index contributed by atoms with van der Waals surface area (Å²) in [5.74, 6) is -0.633. The second kappa shape index (κ2) is 9.69. The molecule has 2 aliphatic heterocycles. The first-order valence-electron chi connectivity index (χ1n) is 12.7. The summed E-state index contributed by atoms with van der Waals surface area (Å²) < 4.78 is 5.81. The van der Waals surface area contributed by atoms with Crippen LogP contribution >= 0.6 is 0 Å². The largest absolute Gasteiger partial charge is 0.494 e. The van der Waals surface area contributed by atoms with Crippen LogP contribution in [0.4, 0.5) is 0 Å². The Hall–Kier alpha value is -4.19. The molecule has 6 nitrogen and oxygen atoms in total. The van der Waals surface area contributed by atoms with Gasteiger partial charge in [0.1, 0.15) is 11.4 Å². The average Bonchev–Trinajstić information content (AvgIpc) is 3.14. The van der Waals surface area contributed by atoms with E-state index in [1.807, 2.05) is 62.4 Å². The molecule has 0 saturated heterocycles. The quantitative estimate of drug-likeness (QED) is 0.342. The molecule has 0 spiro atoms. The maximum absolute atomic E-state index is 13.8. The smallest absolute Gasteiger partial charge is 0.269 e. The van der Waals surface area contributed by atoms with E-state index in [0.717, 1.165) is 40.2 Å². The Kier molecular flexibility index (Phi) is 6.42. The van der Waals surface area contributed by atoms with Gasteiger partial charge in [-0.15, -0.1) is 0 Å². The van der Waals surface area contributed by atoms with Crippen LogP contribution in [-0.2, 0) is 10.3 Å². The van der Waals surface area contributed by atoms with Crippen LogP contribution in [0.5, 0.6) is 5.75 Å². The zero-order valence-electron chi connectivity index (χ0n) is 21.3. The second-order valence-electron chi connectivity index (χ2n) is 9.87. The summed E-state index contributed by atoms with van der Waals surface area (Å²) in [5.41, 5.74) is 3.41. The molecular formula is C31H30N2O4. The van der Waals surface area contributed by atoms with Crippen molar-refractivity contribution in [2.45, 2.75) is 45.6 Å². The van der Waals surface area contributed by atoms with Gasteiger partial charge in [0.15, 0.2) is 0 Å². The number of fused-ring (bicyclic) bond motifs is 1. The molecular weight excluding hydrogens is 464 g/mol. The fraction of sp³-hybridized carbons (Fsp3) is 0.258. The molecule has 0 saturated carbocycles. The highest BCUT2D eigenvalue weighted by atomic mass is 16.5. The second-order valence-corrected chi connectivity index (χ2v) is 9.87. The van der Waals surface area contributed by atoms with Crippen LogP contribution in [0.1, 0.15) is 70.5 Å². The van der Waals surface area contributed by atoms with E-state index in [1.54, 1.807) is 24.3 Å². The van der Waals surface area contributed by atoms with Gasteiger partial charge in [-0.05, 0) is 61.2 Å². The summed E-state index contributed by atoms with van der Waals surface area (Å²) in [6.07, 6.45) is 2.45. The number of unbranched alkanes of at least 4 members (excludes halogenated alkanes) is 1. The summed E-state index contributed by atoms with van der Waals surface area (Å²) in [7, 11) is 0. The van der Waals surface area contributed by atoms with E-state index in [0.29, 0.717) is 29.7 Å². The SMILES string of the molecule is CCCCOc1ccc([C@]2(C)CC(c3ccc(C)cc3)=C(N3C(=O)c4ccccc4C3=O)C(=O)N2)cc1. The van der Waals surface area contributed by atoms with Crippen LogP contribution in [0.25, 0.3) is 5.57 Å². The number of rotatable bonds is 7. The van der Waals surface area contributed by atoms with Crippen LogP contribution in [-0.4, -0.2) is 29.2 Å². The van der Waals surface area contributed by atoms with Crippen LogP contribution in [0.3, 0.4) is 0 Å². The topological polar surface area (TPSA) is 75.7 Å². The summed E-state index contributed by atoms with van der Waals surface area (Å²) in [4.78, 5) is 41.5. The number of aryl methyl sites for hydroxylation is 1. The first kappa shape index (κ1) is 24.5. The van der Waals surface area contributed by atoms with Crippen LogP contribution in [0.2, 0.25) is 0 Å². The zero-order chi connectivity index (χ0) is 26.2. The van der Waals surface area contributed by atoms with Gasteiger partial charge in [-0.1, -0.05) is 67.4 Å². The molecule has 0 bridgehead atoms. The Morgan fingerprint density at radius 2 is 1.51 bits per heavy atom. The molecule has 2 heterocycles. The Morgan fingerprint density at radius 1 is 0.892 bits per heavy atom. The number of nitrogens with zero attached hydrogens (tertiary/aromatic N) is 1. The standard InChI is InChI=1S/C31H30N2O4/c1-4-5-18-37-23-16-14-22(15-17-23)31(3)19-26(21-12-10-20(2)11-13-21)27(28(34)32-31)33-29(35)24-8-6-7-9-25(24)30(33)36/h6-17H,4-5,18-19H2,1-3H3,(H,32,34)/t31-/m0/s1. The first-order valence-corrected chi connectivity index (χ1v) is 12.7. The molecule has 0 radical (unpaired) electrons. The highest BCUT2D eigenvalue weighted by Crippen LogP contribution is 2.41. The third-order valence-corrected chi connectivity index (χ3v) is 7.10. The maximum Gasteiger partial charge on any atom is 0.269 e. The molecule has 3 aromatic rings. The van der Waals surface area contributed by atoms with Crippen molar-refractivity contribution in [3.8, 4) is 5.75 Å². The fourth-order valence-corrected chi connectivity index (χ4v) is 4.98. The van der Waals surface area contributed by atoms with E-state index in [2.05, 4.69) is 12.2 Å². The summed E-state index contributed by atoms with van der Waals surface area (Å²) in [6, 6.07) is 22.2. The van der Waals surface area contributed by atoms with Gasteiger partial charge in [0.05, 0.1) is 23.3 Å². The van der Waals surface area contributed by atoms with Crippen LogP contribution < -0.4 is 10.1 Å². The summed E-state index contributed by atoms with van der Waals surface area (Å²) in [6.45, 7) is 6.73. The average molecular weight is 495 g/mol. The molecule has 0 fully saturated rings. The maximum atomic E-state index is 13.8. The molecule has 1 atom stereocenters. The minimum Gasteiger partial charge on any atom is -0.494 e. The third kappa shape index (κ3) is 4.44. The number of carbonyl (C=O) groups is 3. The zero-order valence-corrected chi connectivity index (χ0v) is 21.3. The Morgan fingerprint density at radius 3 is 2.11 bits per heavy atom. The first-order chi connectivity index (χ1) is 17.8. The van der Waals surface area contributed by atoms with E-state index < -0.39 is 23.3 Å². The lowest BCUT2D eigenvalue weighted by atomic mass is 9.79. The van der Waals surface area contributed by atoms with Crippen molar-refractivity contribution in [3.05, 3.63) is 106 Å². The van der Waals surface area contributed by atoms with Gasteiger partial charge in [0, 0.05) is 6.42 Å². The number of hydrogen-bond acceptors (Lipinski definition) is 4. The number of benzene rings is 3. The van der Waals surface area contributed by atoms with Crippen molar-refractivity contribution in [2.24, 2.45) is 0 Å². The third-order valence-electron chi connectivity index (χ3n) is 7.10. The van der Waals surface area contributed by atoms with Gasteiger partial charge in [-0.3, -0.25) is 14.4 Å². The van der Waals surface area contributed by atoms with E-state index in [1.165, 1.54) is 0 Å². The van der Waals surface area contributed by atoms with Crippen molar-refractivity contribution < 1.29 is 19.1 Å². The Bertz CT molecular complexity index is 1370. The number of carbonyl (C=O) groups excluding carboxylic acids is 3. The highest BCUT2D eigenvalue weighted by Gasteiger charge is 2.46. The molecule has 37 heavy (non-hydrogen) atoms. The van der Waals surface area contributed by atoms with Gasteiger partial charge in [0.25, 0.3) is 17.7 Å². The Labute approximate surface area is 216 Å². The normalized spacial score (nSPS) is 19.2. The molecule has 1 N–H and O–H groups in total. The van der Waals surface area contributed by atoms with Crippen molar-refractivity contribution >= 4 is 23.3 Å². The highest BCUT2D eigenvalue weighted by molar-refractivity contribution is 6.26. The monoisotopic (exact) mass is 494 g/mol. The predicted molar refractivity (Wildman–Crippen MR) is 142 cm³/mol. The molecule has 188 valence electrons.